The minimum absolute atomic E-state index is 0.0232. The minimum atomic E-state index is -3.88. The molecule has 0 aliphatic rings. The SMILES string of the molecule is COc1ccccc1NS(=O)(=O)c1ccc2oc(SCC(=O)Nc3cc(C)nn3C)nc2c1. The summed E-state index contributed by atoms with van der Waals surface area (Å²) in [7, 11) is -0.676. The van der Waals surface area contributed by atoms with Gasteiger partial charge in [-0.25, -0.2) is 13.4 Å². The lowest BCUT2D eigenvalue weighted by Crippen LogP contribution is -2.16. The highest BCUT2D eigenvalue weighted by Crippen LogP contribution is 2.29. The zero-order valence-electron chi connectivity index (χ0n) is 18.0. The Kier molecular flexibility index (Phi) is 6.29. The number of rotatable bonds is 8. The maximum Gasteiger partial charge on any atom is 0.262 e. The number of sulfonamides is 1. The molecule has 172 valence electrons. The highest BCUT2D eigenvalue weighted by atomic mass is 32.2. The van der Waals surface area contributed by atoms with Gasteiger partial charge >= 0.3 is 0 Å². The molecule has 0 saturated heterocycles. The Morgan fingerprint density at radius 1 is 1.21 bits per heavy atom. The Balaban J connectivity index is 1.46. The van der Waals surface area contributed by atoms with Gasteiger partial charge in [0.25, 0.3) is 15.2 Å². The predicted octanol–water partition coefficient (Wildman–Crippen LogP) is 3.41. The van der Waals surface area contributed by atoms with Crippen LogP contribution in [0.5, 0.6) is 5.75 Å². The zero-order chi connectivity index (χ0) is 23.6. The summed E-state index contributed by atoms with van der Waals surface area (Å²) in [6, 6.07) is 12.9. The summed E-state index contributed by atoms with van der Waals surface area (Å²) >= 11 is 1.11. The zero-order valence-corrected chi connectivity index (χ0v) is 19.7. The van der Waals surface area contributed by atoms with Crippen LogP contribution in [-0.2, 0) is 21.9 Å². The summed E-state index contributed by atoms with van der Waals surface area (Å²) in [4.78, 5) is 16.6. The van der Waals surface area contributed by atoms with Gasteiger partial charge in [-0.2, -0.15) is 5.10 Å². The van der Waals surface area contributed by atoms with Crippen LogP contribution in [0.25, 0.3) is 11.1 Å². The third kappa shape index (κ3) is 5.12. The molecule has 0 fully saturated rings. The number of carbonyl (C=O) groups is 1. The Morgan fingerprint density at radius 3 is 2.73 bits per heavy atom. The fourth-order valence-corrected chi connectivity index (χ4v) is 4.81. The smallest absolute Gasteiger partial charge is 0.262 e. The first-order valence-corrected chi connectivity index (χ1v) is 12.2. The number of methoxy groups -OCH3 is 1. The summed E-state index contributed by atoms with van der Waals surface area (Å²) in [6.45, 7) is 1.84. The van der Waals surface area contributed by atoms with Crippen molar-refractivity contribution in [1.82, 2.24) is 14.8 Å². The van der Waals surface area contributed by atoms with Gasteiger partial charge in [-0.15, -0.1) is 0 Å². The largest absolute Gasteiger partial charge is 0.495 e. The highest BCUT2D eigenvalue weighted by Gasteiger charge is 2.19. The van der Waals surface area contributed by atoms with E-state index in [4.69, 9.17) is 9.15 Å². The van der Waals surface area contributed by atoms with Crippen LogP contribution in [0.2, 0.25) is 0 Å². The van der Waals surface area contributed by atoms with E-state index in [0.29, 0.717) is 28.4 Å². The number of fused-ring (bicyclic) bond motifs is 1. The van der Waals surface area contributed by atoms with Crippen LogP contribution in [0.1, 0.15) is 5.69 Å². The van der Waals surface area contributed by atoms with Crippen LogP contribution >= 0.6 is 11.8 Å². The number of aromatic nitrogens is 3. The van der Waals surface area contributed by atoms with Crippen LogP contribution in [0.4, 0.5) is 11.5 Å². The standard InChI is InChI=1S/C21H21N5O5S2/c1-13-10-19(26(2)24-13)23-20(27)12-32-21-22-16-11-14(8-9-18(16)31-21)33(28,29)25-15-6-4-5-7-17(15)30-3/h4-11,25H,12H2,1-3H3,(H,23,27). The van der Waals surface area contributed by atoms with Gasteiger partial charge in [-0.3, -0.25) is 14.2 Å². The summed E-state index contributed by atoms with van der Waals surface area (Å²) in [5, 5.41) is 7.21. The number of para-hydroxylation sites is 2. The summed E-state index contributed by atoms with van der Waals surface area (Å²) in [6.07, 6.45) is 0. The van der Waals surface area contributed by atoms with Gasteiger partial charge in [0, 0.05) is 13.1 Å². The molecule has 2 aromatic heterocycles. The predicted molar refractivity (Wildman–Crippen MR) is 125 cm³/mol. The number of anilines is 2. The molecular formula is C21H21N5O5S2. The average Bonchev–Trinajstić information content (AvgIpc) is 3.33. The van der Waals surface area contributed by atoms with Gasteiger partial charge in [0.1, 0.15) is 17.1 Å². The van der Waals surface area contributed by atoms with Crippen molar-refractivity contribution in [2.75, 3.05) is 22.9 Å². The van der Waals surface area contributed by atoms with Crippen molar-refractivity contribution in [3.05, 3.63) is 54.2 Å². The first kappa shape index (κ1) is 22.7. The van der Waals surface area contributed by atoms with Crippen LogP contribution in [0.15, 0.2) is 63.1 Å². The molecule has 0 atom stereocenters. The van der Waals surface area contributed by atoms with Crippen molar-refractivity contribution in [1.29, 1.82) is 0 Å². The Labute approximate surface area is 194 Å². The lowest BCUT2D eigenvalue weighted by molar-refractivity contribution is -0.113. The fraction of sp³-hybridized carbons (Fsp3) is 0.190. The normalized spacial score (nSPS) is 11.5. The molecule has 4 aromatic rings. The van der Waals surface area contributed by atoms with Crippen molar-refractivity contribution in [3.63, 3.8) is 0 Å². The quantitative estimate of drug-likeness (QED) is 0.362. The number of hydrogen-bond donors (Lipinski definition) is 2. The molecule has 33 heavy (non-hydrogen) atoms. The van der Waals surface area contributed by atoms with Crippen LogP contribution in [0, 0.1) is 6.92 Å². The Bertz CT molecular complexity index is 1430. The third-order valence-electron chi connectivity index (χ3n) is 4.60. The highest BCUT2D eigenvalue weighted by molar-refractivity contribution is 7.99. The first-order chi connectivity index (χ1) is 15.7. The first-order valence-electron chi connectivity index (χ1n) is 9.75. The van der Waals surface area contributed by atoms with Gasteiger partial charge < -0.3 is 14.5 Å². The summed E-state index contributed by atoms with van der Waals surface area (Å²) in [5.41, 5.74) is 1.90. The van der Waals surface area contributed by atoms with E-state index in [1.165, 1.54) is 25.3 Å². The van der Waals surface area contributed by atoms with Gasteiger partial charge in [0.2, 0.25) is 5.91 Å². The molecule has 0 radical (unpaired) electrons. The molecule has 0 aliphatic heterocycles. The van der Waals surface area contributed by atoms with Gasteiger partial charge in [0.15, 0.2) is 5.58 Å². The van der Waals surface area contributed by atoms with Gasteiger partial charge in [-0.05, 0) is 37.3 Å². The molecular weight excluding hydrogens is 466 g/mol. The second kappa shape index (κ2) is 9.16. The van der Waals surface area contributed by atoms with Crippen molar-refractivity contribution >= 4 is 50.3 Å². The van der Waals surface area contributed by atoms with E-state index in [1.54, 1.807) is 42.1 Å². The molecule has 0 bridgehead atoms. The molecule has 2 N–H and O–H groups in total. The van der Waals surface area contributed by atoms with E-state index in [0.717, 1.165) is 17.5 Å². The number of oxazole rings is 1. The molecule has 1 amide bonds. The fourth-order valence-electron chi connectivity index (χ4n) is 3.08. The number of ether oxygens (including phenoxy) is 1. The number of nitrogens with one attached hydrogen (secondary N) is 2. The topological polar surface area (TPSA) is 128 Å². The van der Waals surface area contributed by atoms with Crippen LogP contribution in [0.3, 0.4) is 0 Å². The van der Waals surface area contributed by atoms with Crippen LogP contribution < -0.4 is 14.8 Å². The molecule has 0 spiro atoms. The second-order valence-corrected chi connectivity index (χ2v) is 9.66. The number of benzene rings is 2. The maximum atomic E-state index is 12.8. The minimum Gasteiger partial charge on any atom is -0.495 e. The van der Waals surface area contributed by atoms with E-state index >= 15 is 0 Å². The molecule has 12 heteroatoms. The molecule has 2 heterocycles. The lowest BCUT2D eigenvalue weighted by Gasteiger charge is -2.11. The van der Waals surface area contributed by atoms with Crippen molar-refractivity contribution in [2.45, 2.75) is 17.0 Å². The van der Waals surface area contributed by atoms with Crippen molar-refractivity contribution < 1.29 is 22.4 Å². The lowest BCUT2D eigenvalue weighted by atomic mass is 10.3. The van der Waals surface area contributed by atoms with E-state index in [2.05, 4.69) is 20.1 Å². The van der Waals surface area contributed by atoms with Gasteiger partial charge in [-0.1, -0.05) is 23.9 Å². The maximum absolute atomic E-state index is 12.8. The number of thioether (sulfide) groups is 1. The van der Waals surface area contributed by atoms with E-state index in [-0.39, 0.29) is 21.8 Å². The molecule has 0 saturated carbocycles. The summed E-state index contributed by atoms with van der Waals surface area (Å²) < 4.78 is 40.6. The molecule has 0 unspecified atom stereocenters. The number of amides is 1. The number of carbonyl (C=O) groups excluding carboxylic acids is 1. The van der Waals surface area contributed by atoms with Crippen molar-refractivity contribution in [3.8, 4) is 5.75 Å². The number of nitrogens with zero attached hydrogens (tertiary/aromatic N) is 3. The molecule has 0 aliphatic carbocycles. The third-order valence-corrected chi connectivity index (χ3v) is 6.79. The van der Waals surface area contributed by atoms with E-state index in [9.17, 15) is 13.2 Å². The van der Waals surface area contributed by atoms with E-state index < -0.39 is 10.0 Å². The summed E-state index contributed by atoms with van der Waals surface area (Å²) in [5.74, 6) is 0.821. The van der Waals surface area contributed by atoms with E-state index in [1.807, 2.05) is 6.92 Å². The Morgan fingerprint density at radius 2 is 2.00 bits per heavy atom. The molecule has 4 rings (SSSR count). The second-order valence-electron chi connectivity index (χ2n) is 7.05. The monoisotopic (exact) mass is 487 g/mol. The van der Waals surface area contributed by atoms with Crippen LogP contribution in [-0.4, -0.2) is 42.0 Å². The number of aryl methyl sites for hydroxylation is 2. The molecule has 10 nitrogen and oxygen atoms in total. The number of hydrogen-bond acceptors (Lipinski definition) is 8. The van der Waals surface area contributed by atoms with Gasteiger partial charge in [0.05, 0.1) is 29.1 Å². The Hall–Kier alpha value is -3.51. The molecule has 2 aromatic carbocycles. The van der Waals surface area contributed by atoms with Crippen molar-refractivity contribution in [2.24, 2.45) is 7.05 Å². The average molecular weight is 488 g/mol.